The van der Waals surface area contributed by atoms with Gasteiger partial charge in [-0.25, -0.2) is 4.72 Å². The quantitative estimate of drug-likeness (QED) is 0.276. The summed E-state index contributed by atoms with van der Waals surface area (Å²) in [6, 6.07) is 0. The van der Waals surface area contributed by atoms with E-state index in [1.54, 1.807) is 0 Å². The van der Waals surface area contributed by atoms with Gasteiger partial charge in [-0.3, -0.25) is 0 Å². The number of nitrogens with zero attached hydrogens (tertiary/aromatic N) is 2. The molecule has 100 valence electrons. The van der Waals surface area contributed by atoms with Crippen LogP contribution >= 0.6 is 11.8 Å². The van der Waals surface area contributed by atoms with Crippen molar-refractivity contribution in [3.8, 4) is 0 Å². The van der Waals surface area contributed by atoms with Crippen molar-refractivity contribution >= 4 is 27.8 Å². The minimum absolute atomic E-state index is 0.159. The molecule has 0 saturated carbocycles. The van der Waals surface area contributed by atoms with Crippen LogP contribution < -0.4 is 10.5 Å². The molecule has 7 nitrogen and oxygen atoms in total. The maximum atomic E-state index is 11.6. The number of rotatable bonds is 4. The summed E-state index contributed by atoms with van der Waals surface area (Å²) in [5, 5.41) is 11.8. The molecule has 1 aliphatic heterocycles. The lowest BCUT2D eigenvalue weighted by molar-refractivity contribution is 0.300. The maximum Gasteiger partial charge on any atom is 0.279 e. The molecule has 0 spiro atoms. The summed E-state index contributed by atoms with van der Waals surface area (Å²) in [6.07, 6.45) is 2.94. The van der Waals surface area contributed by atoms with Gasteiger partial charge in [-0.2, -0.15) is 24.5 Å². The Kier molecular flexibility index (Phi) is 4.64. The Morgan fingerprint density at radius 3 is 2.41 bits per heavy atom. The Balaban J connectivity index is 2.79. The van der Waals surface area contributed by atoms with E-state index in [0.29, 0.717) is 25.9 Å². The predicted octanol–water partition coefficient (Wildman–Crippen LogP) is -0.605. The smallest absolute Gasteiger partial charge is 0.279 e. The Morgan fingerprint density at radius 2 is 2.06 bits per heavy atom. The van der Waals surface area contributed by atoms with E-state index in [9.17, 15) is 8.42 Å². The topological polar surface area (TPSA) is 108 Å². The van der Waals surface area contributed by atoms with Gasteiger partial charge in [-0.05, 0) is 19.1 Å². The highest BCUT2D eigenvalue weighted by Gasteiger charge is 2.40. The second-order valence-corrected chi connectivity index (χ2v) is 6.86. The standard InChI is InChI=1S/C8H18N4O3S2/c1-10-17(14,15)12-5-3-8(16-2,4-6-12)7(9)11-13/h10,13H,3-6H2,1-2H3,(H2,9,11). The molecule has 0 aromatic heterocycles. The molecule has 0 aromatic rings. The van der Waals surface area contributed by atoms with Gasteiger partial charge in [0.05, 0.1) is 4.75 Å². The van der Waals surface area contributed by atoms with Gasteiger partial charge in [0.25, 0.3) is 10.2 Å². The number of thioether (sulfide) groups is 1. The van der Waals surface area contributed by atoms with E-state index in [2.05, 4.69) is 9.88 Å². The molecule has 1 fully saturated rings. The Labute approximate surface area is 106 Å². The van der Waals surface area contributed by atoms with Crippen molar-refractivity contribution in [2.45, 2.75) is 17.6 Å². The van der Waals surface area contributed by atoms with E-state index in [-0.39, 0.29) is 5.84 Å². The highest BCUT2D eigenvalue weighted by atomic mass is 32.2. The van der Waals surface area contributed by atoms with E-state index in [4.69, 9.17) is 10.9 Å². The zero-order chi connectivity index (χ0) is 13.1. The van der Waals surface area contributed by atoms with Crippen molar-refractivity contribution < 1.29 is 13.6 Å². The van der Waals surface area contributed by atoms with E-state index >= 15 is 0 Å². The third-order valence-corrected chi connectivity index (χ3v) is 6.05. The van der Waals surface area contributed by atoms with Crippen LogP contribution in [-0.4, -0.2) is 54.9 Å². The predicted molar refractivity (Wildman–Crippen MR) is 68.4 cm³/mol. The minimum atomic E-state index is -3.38. The summed E-state index contributed by atoms with van der Waals surface area (Å²) in [5.74, 6) is 0.159. The normalized spacial score (nSPS) is 22.6. The van der Waals surface area contributed by atoms with Crippen molar-refractivity contribution in [2.24, 2.45) is 10.9 Å². The molecule has 17 heavy (non-hydrogen) atoms. The van der Waals surface area contributed by atoms with Gasteiger partial charge < -0.3 is 10.9 Å². The van der Waals surface area contributed by atoms with Crippen LogP contribution in [0.15, 0.2) is 5.16 Å². The molecule has 1 aliphatic rings. The molecule has 0 unspecified atom stereocenters. The van der Waals surface area contributed by atoms with E-state index < -0.39 is 15.0 Å². The number of oxime groups is 1. The third kappa shape index (κ3) is 2.84. The fraction of sp³-hybridized carbons (Fsp3) is 0.875. The largest absolute Gasteiger partial charge is 0.409 e. The molecule has 0 atom stereocenters. The van der Waals surface area contributed by atoms with Crippen molar-refractivity contribution in [2.75, 3.05) is 26.4 Å². The second-order valence-electron chi connectivity index (χ2n) is 3.79. The first kappa shape index (κ1) is 14.6. The molecule has 0 aromatic carbocycles. The van der Waals surface area contributed by atoms with Crippen molar-refractivity contribution in [3.63, 3.8) is 0 Å². The van der Waals surface area contributed by atoms with Crippen LogP contribution in [0, 0.1) is 0 Å². The summed E-state index contributed by atoms with van der Waals surface area (Å²) >= 11 is 1.49. The van der Waals surface area contributed by atoms with Crippen LogP contribution in [0.5, 0.6) is 0 Å². The average Bonchev–Trinajstić information content (AvgIpc) is 2.37. The van der Waals surface area contributed by atoms with Gasteiger partial charge in [-0.1, -0.05) is 5.16 Å². The zero-order valence-corrected chi connectivity index (χ0v) is 11.5. The van der Waals surface area contributed by atoms with E-state index in [1.807, 2.05) is 6.26 Å². The first-order valence-corrected chi connectivity index (χ1v) is 7.80. The van der Waals surface area contributed by atoms with Gasteiger partial charge in [0.1, 0.15) is 0 Å². The first-order valence-electron chi connectivity index (χ1n) is 5.13. The number of nitrogens with two attached hydrogens (primary N) is 1. The molecular weight excluding hydrogens is 264 g/mol. The van der Waals surface area contributed by atoms with Crippen molar-refractivity contribution in [1.29, 1.82) is 0 Å². The number of piperidine rings is 1. The number of hydrogen-bond donors (Lipinski definition) is 3. The van der Waals surface area contributed by atoms with Gasteiger partial charge in [0.2, 0.25) is 0 Å². The van der Waals surface area contributed by atoms with Crippen molar-refractivity contribution in [1.82, 2.24) is 9.03 Å². The molecule has 0 amide bonds. The molecular formula is C8H18N4O3S2. The molecule has 0 aliphatic carbocycles. The summed E-state index contributed by atoms with van der Waals surface area (Å²) in [7, 11) is -2.00. The van der Waals surface area contributed by atoms with Gasteiger partial charge >= 0.3 is 0 Å². The summed E-state index contributed by atoms with van der Waals surface area (Å²) < 4.78 is 26.4. The van der Waals surface area contributed by atoms with Gasteiger partial charge in [0, 0.05) is 20.1 Å². The lowest BCUT2D eigenvalue weighted by Crippen LogP contribution is -2.53. The van der Waals surface area contributed by atoms with Gasteiger partial charge in [-0.15, -0.1) is 0 Å². The summed E-state index contributed by atoms with van der Waals surface area (Å²) in [4.78, 5) is 0. The van der Waals surface area contributed by atoms with Crippen LogP contribution in [0.1, 0.15) is 12.8 Å². The average molecular weight is 282 g/mol. The molecule has 0 radical (unpaired) electrons. The second kappa shape index (κ2) is 5.42. The maximum absolute atomic E-state index is 11.6. The minimum Gasteiger partial charge on any atom is -0.409 e. The lowest BCUT2D eigenvalue weighted by Gasteiger charge is -2.38. The van der Waals surface area contributed by atoms with Gasteiger partial charge in [0.15, 0.2) is 5.84 Å². The summed E-state index contributed by atoms with van der Waals surface area (Å²) in [6.45, 7) is 0.723. The molecule has 1 rings (SSSR count). The molecule has 9 heteroatoms. The van der Waals surface area contributed by atoms with E-state index in [0.717, 1.165) is 0 Å². The molecule has 0 bridgehead atoms. The number of nitrogens with one attached hydrogen (secondary N) is 1. The SMILES string of the molecule is CNS(=O)(=O)N1CCC(SC)(C(N)=NO)CC1. The van der Waals surface area contributed by atoms with Crippen LogP contribution in [0.4, 0.5) is 0 Å². The number of hydrogen-bond acceptors (Lipinski definition) is 5. The lowest BCUT2D eigenvalue weighted by atomic mass is 9.96. The van der Waals surface area contributed by atoms with Crippen LogP contribution in [0.3, 0.4) is 0 Å². The third-order valence-electron chi connectivity index (χ3n) is 3.09. The highest BCUT2D eigenvalue weighted by molar-refractivity contribution is 8.00. The van der Waals surface area contributed by atoms with Crippen LogP contribution in [0.25, 0.3) is 0 Å². The molecule has 4 N–H and O–H groups in total. The van der Waals surface area contributed by atoms with Crippen LogP contribution in [0.2, 0.25) is 0 Å². The Morgan fingerprint density at radius 1 is 1.53 bits per heavy atom. The molecule has 1 heterocycles. The fourth-order valence-electron chi connectivity index (χ4n) is 1.87. The number of amidine groups is 1. The monoisotopic (exact) mass is 282 g/mol. The Bertz CT molecular complexity index is 388. The summed E-state index contributed by atoms with van der Waals surface area (Å²) in [5.41, 5.74) is 5.68. The highest BCUT2D eigenvalue weighted by Crippen LogP contribution is 2.35. The molecule has 1 saturated heterocycles. The fourth-order valence-corrected chi connectivity index (χ4v) is 3.64. The Hall–Kier alpha value is -0.510. The first-order chi connectivity index (χ1) is 7.91. The zero-order valence-electron chi connectivity index (χ0n) is 9.88. The van der Waals surface area contributed by atoms with Crippen molar-refractivity contribution in [3.05, 3.63) is 0 Å². The van der Waals surface area contributed by atoms with E-state index in [1.165, 1.54) is 23.1 Å². The van der Waals surface area contributed by atoms with Crippen LogP contribution in [-0.2, 0) is 10.2 Å².